The first kappa shape index (κ1) is 10.4. The van der Waals surface area contributed by atoms with E-state index in [1.807, 2.05) is 18.3 Å². The molecule has 0 saturated carbocycles. The Balaban J connectivity index is 2.49. The third-order valence-electron chi connectivity index (χ3n) is 2.33. The molecule has 1 aromatic carbocycles. The molecule has 2 rings (SSSR count). The lowest BCUT2D eigenvalue weighted by molar-refractivity contribution is 1.22. The van der Waals surface area contributed by atoms with Gasteiger partial charge in [0.2, 0.25) is 0 Å². The van der Waals surface area contributed by atoms with Gasteiger partial charge in [0.05, 0.1) is 5.69 Å². The molecular weight excluding hydrogens is 250 g/mol. The molecule has 2 aromatic rings. The minimum Gasteiger partial charge on any atom is -0.256 e. The fourth-order valence-electron chi connectivity index (χ4n) is 1.63. The van der Waals surface area contributed by atoms with Crippen LogP contribution in [0.2, 0.25) is 0 Å². The molecule has 0 spiro atoms. The molecule has 0 amide bonds. The summed E-state index contributed by atoms with van der Waals surface area (Å²) in [7, 11) is 0. The van der Waals surface area contributed by atoms with Crippen LogP contribution in [0.25, 0.3) is 11.3 Å². The van der Waals surface area contributed by atoms with E-state index in [0.29, 0.717) is 0 Å². The molecule has 0 aliphatic heterocycles. The van der Waals surface area contributed by atoms with Gasteiger partial charge in [0.15, 0.2) is 0 Å². The molecule has 76 valence electrons. The van der Waals surface area contributed by atoms with Gasteiger partial charge in [-0.25, -0.2) is 0 Å². The first-order chi connectivity index (χ1) is 7.16. The SMILES string of the molecule is Cc1cnc(-c2ccc(Br)cc2)c(C)c1. The highest BCUT2D eigenvalue weighted by atomic mass is 79.9. The average molecular weight is 262 g/mol. The molecular formula is C13H12BrN. The first-order valence-corrected chi connectivity index (χ1v) is 5.65. The minimum absolute atomic E-state index is 1.06. The molecule has 0 atom stereocenters. The molecule has 0 radical (unpaired) electrons. The average Bonchev–Trinajstić information content (AvgIpc) is 2.20. The Labute approximate surface area is 98.3 Å². The fraction of sp³-hybridized carbons (Fsp3) is 0.154. The van der Waals surface area contributed by atoms with Crippen LogP contribution in [-0.4, -0.2) is 4.98 Å². The minimum atomic E-state index is 1.06. The van der Waals surface area contributed by atoms with E-state index in [1.54, 1.807) is 0 Å². The summed E-state index contributed by atoms with van der Waals surface area (Å²) < 4.78 is 1.09. The lowest BCUT2D eigenvalue weighted by Crippen LogP contribution is -1.89. The number of benzene rings is 1. The molecule has 0 bridgehead atoms. The van der Waals surface area contributed by atoms with Gasteiger partial charge < -0.3 is 0 Å². The molecule has 15 heavy (non-hydrogen) atoms. The smallest absolute Gasteiger partial charge is 0.0731 e. The highest BCUT2D eigenvalue weighted by Crippen LogP contribution is 2.23. The van der Waals surface area contributed by atoms with Crippen LogP contribution in [0, 0.1) is 13.8 Å². The fourth-order valence-corrected chi connectivity index (χ4v) is 1.89. The van der Waals surface area contributed by atoms with Crippen LogP contribution in [0.4, 0.5) is 0 Å². The summed E-state index contributed by atoms with van der Waals surface area (Å²) in [6, 6.07) is 10.4. The Morgan fingerprint density at radius 1 is 1.07 bits per heavy atom. The molecule has 1 heterocycles. The molecule has 0 fully saturated rings. The third-order valence-corrected chi connectivity index (χ3v) is 2.86. The maximum atomic E-state index is 4.46. The van der Waals surface area contributed by atoms with Gasteiger partial charge in [-0.2, -0.15) is 0 Å². The van der Waals surface area contributed by atoms with Gasteiger partial charge in [0.25, 0.3) is 0 Å². The van der Waals surface area contributed by atoms with Crippen molar-refractivity contribution in [2.24, 2.45) is 0 Å². The number of hydrogen-bond donors (Lipinski definition) is 0. The van der Waals surface area contributed by atoms with Crippen molar-refractivity contribution in [3.63, 3.8) is 0 Å². The Hall–Kier alpha value is -1.15. The summed E-state index contributed by atoms with van der Waals surface area (Å²) in [5, 5.41) is 0. The Morgan fingerprint density at radius 3 is 2.33 bits per heavy atom. The Morgan fingerprint density at radius 2 is 1.73 bits per heavy atom. The number of nitrogens with zero attached hydrogens (tertiary/aromatic N) is 1. The normalized spacial score (nSPS) is 10.3. The number of pyridine rings is 1. The molecule has 0 aliphatic rings. The standard InChI is InChI=1S/C13H12BrN/c1-9-7-10(2)13(15-8-9)11-3-5-12(14)6-4-11/h3-8H,1-2H3. The van der Waals surface area contributed by atoms with E-state index in [9.17, 15) is 0 Å². The van der Waals surface area contributed by atoms with Gasteiger partial charge in [0.1, 0.15) is 0 Å². The molecule has 0 N–H and O–H groups in total. The molecule has 0 aliphatic carbocycles. The van der Waals surface area contributed by atoms with Crippen molar-refractivity contribution < 1.29 is 0 Å². The van der Waals surface area contributed by atoms with Crippen molar-refractivity contribution in [3.8, 4) is 11.3 Å². The summed E-state index contributed by atoms with van der Waals surface area (Å²) in [5.74, 6) is 0. The van der Waals surface area contributed by atoms with Crippen molar-refractivity contribution in [3.05, 3.63) is 52.1 Å². The largest absolute Gasteiger partial charge is 0.256 e. The second-order valence-corrected chi connectivity index (χ2v) is 4.60. The van der Waals surface area contributed by atoms with Crippen molar-refractivity contribution in [2.45, 2.75) is 13.8 Å². The van der Waals surface area contributed by atoms with Gasteiger partial charge in [-0.05, 0) is 37.1 Å². The molecule has 2 heteroatoms. The summed E-state index contributed by atoms with van der Waals surface area (Å²) in [5.41, 5.74) is 4.65. The van der Waals surface area contributed by atoms with Crippen LogP contribution in [0.15, 0.2) is 41.0 Å². The predicted octanol–water partition coefficient (Wildman–Crippen LogP) is 4.13. The maximum Gasteiger partial charge on any atom is 0.0731 e. The Kier molecular flexibility index (Phi) is 2.87. The monoisotopic (exact) mass is 261 g/mol. The van der Waals surface area contributed by atoms with Crippen molar-refractivity contribution in [1.82, 2.24) is 4.98 Å². The van der Waals surface area contributed by atoms with Crippen molar-refractivity contribution in [1.29, 1.82) is 0 Å². The zero-order valence-electron chi connectivity index (χ0n) is 8.79. The summed E-state index contributed by atoms with van der Waals surface area (Å²) >= 11 is 3.43. The Bertz CT molecular complexity index is 474. The number of aryl methyl sites for hydroxylation is 2. The summed E-state index contributed by atoms with van der Waals surface area (Å²) in [6.07, 6.45) is 1.91. The van der Waals surface area contributed by atoms with E-state index in [1.165, 1.54) is 11.1 Å². The molecule has 0 saturated heterocycles. The van der Waals surface area contributed by atoms with Gasteiger partial charge in [-0.3, -0.25) is 4.98 Å². The van der Waals surface area contributed by atoms with Crippen molar-refractivity contribution >= 4 is 15.9 Å². The van der Waals surface area contributed by atoms with Gasteiger partial charge in [-0.15, -0.1) is 0 Å². The molecule has 0 unspecified atom stereocenters. The molecule has 1 nitrogen and oxygen atoms in total. The topological polar surface area (TPSA) is 12.9 Å². The van der Waals surface area contributed by atoms with E-state index in [2.05, 4.69) is 53.0 Å². The first-order valence-electron chi connectivity index (χ1n) is 4.86. The zero-order chi connectivity index (χ0) is 10.8. The van der Waals surface area contributed by atoms with Crippen LogP contribution in [-0.2, 0) is 0 Å². The summed E-state index contributed by atoms with van der Waals surface area (Å²) in [6.45, 7) is 4.16. The number of rotatable bonds is 1. The third kappa shape index (κ3) is 2.26. The lowest BCUT2D eigenvalue weighted by Gasteiger charge is -2.05. The van der Waals surface area contributed by atoms with E-state index in [0.717, 1.165) is 15.7 Å². The van der Waals surface area contributed by atoms with Crippen LogP contribution < -0.4 is 0 Å². The van der Waals surface area contributed by atoms with Crippen LogP contribution in [0.1, 0.15) is 11.1 Å². The number of hydrogen-bond acceptors (Lipinski definition) is 1. The molecule has 1 aromatic heterocycles. The van der Waals surface area contributed by atoms with E-state index < -0.39 is 0 Å². The van der Waals surface area contributed by atoms with E-state index in [-0.39, 0.29) is 0 Å². The highest BCUT2D eigenvalue weighted by molar-refractivity contribution is 9.10. The highest BCUT2D eigenvalue weighted by Gasteiger charge is 2.02. The summed E-state index contributed by atoms with van der Waals surface area (Å²) in [4.78, 5) is 4.46. The van der Waals surface area contributed by atoms with Crippen LogP contribution >= 0.6 is 15.9 Å². The van der Waals surface area contributed by atoms with E-state index >= 15 is 0 Å². The van der Waals surface area contributed by atoms with Gasteiger partial charge in [-0.1, -0.05) is 34.1 Å². The quantitative estimate of drug-likeness (QED) is 0.753. The lowest BCUT2D eigenvalue weighted by atomic mass is 10.1. The second-order valence-electron chi connectivity index (χ2n) is 3.69. The zero-order valence-corrected chi connectivity index (χ0v) is 10.4. The van der Waals surface area contributed by atoms with Crippen LogP contribution in [0.5, 0.6) is 0 Å². The predicted molar refractivity (Wildman–Crippen MR) is 66.8 cm³/mol. The van der Waals surface area contributed by atoms with E-state index in [4.69, 9.17) is 0 Å². The van der Waals surface area contributed by atoms with Crippen molar-refractivity contribution in [2.75, 3.05) is 0 Å². The van der Waals surface area contributed by atoms with Gasteiger partial charge >= 0.3 is 0 Å². The van der Waals surface area contributed by atoms with Crippen LogP contribution in [0.3, 0.4) is 0 Å². The maximum absolute atomic E-state index is 4.46. The number of halogens is 1. The number of aromatic nitrogens is 1. The second kappa shape index (κ2) is 4.15. The van der Waals surface area contributed by atoms with Gasteiger partial charge in [0, 0.05) is 16.2 Å².